The van der Waals surface area contributed by atoms with Crippen LogP contribution >= 0.6 is 0 Å². The van der Waals surface area contributed by atoms with E-state index in [4.69, 9.17) is 0 Å². The Hall–Kier alpha value is -3.08. The number of Topliss-reactive ketones (excluding diaryl/α,β-unsaturated/α-hetero) is 1. The van der Waals surface area contributed by atoms with E-state index in [0.717, 1.165) is 50.0 Å². The zero-order valence-electron chi connectivity index (χ0n) is 19.9. The van der Waals surface area contributed by atoms with Crippen molar-refractivity contribution in [1.29, 1.82) is 0 Å². The number of nitrogens with zero attached hydrogens (tertiary/aromatic N) is 2. The Morgan fingerprint density at radius 2 is 1.64 bits per heavy atom. The molecule has 2 aliphatic rings. The van der Waals surface area contributed by atoms with E-state index in [2.05, 4.69) is 24.8 Å². The lowest BCUT2D eigenvalue weighted by atomic mass is 9.88. The number of aliphatic hydroxyl groups excluding tert-OH is 1. The number of benzene rings is 2. The molecule has 1 aliphatic heterocycles. The third-order valence-electron chi connectivity index (χ3n) is 6.96. The summed E-state index contributed by atoms with van der Waals surface area (Å²) in [6.45, 7) is 8.50. The summed E-state index contributed by atoms with van der Waals surface area (Å²) in [7, 11) is 0. The molecule has 1 amide bonds. The minimum Gasteiger partial charge on any atom is -0.507 e. The molecule has 5 heteroatoms. The molecule has 1 heterocycles. The Balaban J connectivity index is 1.79. The predicted octanol–water partition coefficient (Wildman–Crippen LogP) is 5.24. The summed E-state index contributed by atoms with van der Waals surface area (Å²) < 4.78 is 0. The van der Waals surface area contributed by atoms with Gasteiger partial charge in [0.25, 0.3) is 11.7 Å². The largest absolute Gasteiger partial charge is 0.507 e. The fraction of sp³-hybridized carbons (Fsp3) is 0.429. The van der Waals surface area contributed by atoms with Gasteiger partial charge in [-0.15, -0.1) is 0 Å². The number of aliphatic hydroxyl groups is 1. The van der Waals surface area contributed by atoms with Gasteiger partial charge in [-0.1, -0.05) is 31.2 Å². The second kappa shape index (κ2) is 9.82. The molecule has 0 saturated carbocycles. The number of aryl methyl sites for hydroxylation is 2. The Kier molecular flexibility index (Phi) is 6.87. The number of hydrogen-bond donors (Lipinski definition) is 1. The topological polar surface area (TPSA) is 60.9 Å². The van der Waals surface area contributed by atoms with Crippen molar-refractivity contribution in [2.45, 2.75) is 58.9 Å². The standard InChI is InChI=1S/C28H34N2O3/c1-4-17-30-25(20-13-15-23(16-14-20)29(5-2)6-3)24(27(32)28(30)33)26(31)22-12-11-19-9-7-8-10-21(19)18-22/h11-16,18,25,31H,4-10,17H2,1-3H3/b26-24-. The summed E-state index contributed by atoms with van der Waals surface area (Å²) in [5.74, 6) is -1.20. The van der Waals surface area contributed by atoms with Crippen LogP contribution in [0.1, 0.15) is 68.3 Å². The highest BCUT2D eigenvalue weighted by Gasteiger charge is 2.45. The molecule has 0 aromatic heterocycles. The molecular formula is C28H34N2O3. The van der Waals surface area contributed by atoms with Gasteiger partial charge in [0.05, 0.1) is 11.6 Å². The van der Waals surface area contributed by atoms with Crippen molar-refractivity contribution in [1.82, 2.24) is 4.90 Å². The van der Waals surface area contributed by atoms with Crippen LogP contribution in [0.25, 0.3) is 5.76 Å². The van der Waals surface area contributed by atoms with Crippen LogP contribution in [0.15, 0.2) is 48.0 Å². The Labute approximate surface area is 196 Å². The lowest BCUT2D eigenvalue weighted by Crippen LogP contribution is -2.30. The van der Waals surface area contributed by atoms with Crippen LogP contribution in [-0.2, 0) is 22.4 Å². The first-order valence-electron chi connectivity index (χ1n) is 12.3. The second-order valence-corrected chi connectivity index (χ2v) is 8.95. The second-order valence-electron chi connectivity index (χ2n) is 8.95. The van der Waals surface area contributed by atoms with E-state index < -0.39 is 17.7 Å². The lowest BCUT2D eigenvalue weighted by Gasteiger charge is -2.26. The highest BCUT2D eigenvalue weighted by Crippen LogP contribution is 2.40. The van der Waals surface area contributed by atoms with Crippen LogP contribution in [0.5, 0.6) is 0 Å². The Bertz CT molecular complexity index is 1070. The Morgan fingerprint density at radius 3 is 2.27 bits per heavy atom. The average molecular weight is 447 g/mol. The van der Waals surface area contributed by atoms with E-state index in [-0.39, 0.29) is 11.3 Å². The van der Waals surface area contributed by atoms with Crippen molar-refractivity contribution in [2.75, 3.05) is 24.5 Å². The van der Waals surface area contributed by atoms with Gasteiger partial charge in [0.15, 0.2) is 0 Å². The average Bonchev–Trinajstić information content (AvgIpc) is 3.10. The smallest absolute Gasteiger partial charge is 0.295 e. The summed E-state index contributed by atoms with van der Waals surface area (Å²) in [6, 6.07) is 13.4. The summed E-state index contributed by atoms with van der Waals surface area (Å²) in [6.07, 6.45) is 5.09. The number of ketones is 1. The molecule has 0 bridgehead atoms. The normalized spacial score (nSPS) is 19.6. The number of carbonyl (C=O) groups is 2. The van der Waals surface area contributed by atoms with Crippen molar-refractivity contribution in [2.24, 2.45) is 0 Å². The molecule has 0 radical (unpaired) electrons. The molecule has 1 aliphatic carbocycles. The van der Waals surface area contributed by atoms with E-state index in [0.29, 0.717) is 12.1 Å². The van der Waals surface area contributed by atoms with Gasteiger partial charge in [-0.05, 0) is 80.8 Å². The minimum absolute atomic E-state index is 0.0712. The van der Waals surface area contributed by atoms with E-state index in [1.165, 1.54) is 17.5 Å². The van der Waals surface area contributed by atoms with Gasteiger partial charge >= 0.3 is 0 Å². The van der Waals surface area contributed by atoms with Gasteiger partial charge in [0.1, 0.15) is 5.76 Å². The molecular weight excluding hydrogens is 412 g/mol. The number of anilines is 1. The van der Waals surface area contributed by atoms with Gasteiger partial charge in [-0.2, -0.15) is 0 Å². The SMILES string of the molecule is CCCN1C(=O)C(=O)/C(=C(\O)c2ccc3c(c2)CCCC3)C1c1ccc(N(CC)CC)cc1. The quantitative estimate of drug-likeness (QED) is 0.359. The highest BCUT2D eigenvalue weighted by atomic mass is 16.3. The van der Waals surface area contributed by atoms with E-state index >= 15 is 0 Å². The molecule has 174 valence electrons. The van der Waals surface area contributed by atoms with Gasteiger partial charge < -0.3 is 14.9 Å². The van der Waals surface area contributed by atoms with Crippen LogP contribution in [-0.4, -0.2) is 41.3 Å². The number of amides is 1. The molecule has 2 aromatic rings. The molecule has 1 atom stereocenters. The molecule has 1 N–H and O–H groups in total. The van der Waals surface area contributed by atoms with Crippen molar-refractivity contribution in [3.8, 4) is 0 Å². The molecule has 1 saturated heterocycles. The van der Waals surface area contributed by atoms with Crippen molar-refractivity contribution < 1.29 is 14.7 Å². The van der Waals surface area contributed by atoms with Crippen LogP contribution in [0.3, 0.4) is 0 Å². The Morgan fingerprint density at radius 1 is 0.970 bits per heavy atom. The van der Waals surface area contributed by atoms with Gasteiger partial charge in [-0.25, -0.2) is 0 Å². The van der Waals surface area contributed by atoms with E-state index in [9.17, 15) is 14.7 Å². The van der Waals surface area contributed by atoms with Crippen molar-refractivity contribution in [3.05, 3.63) is 70.3 Å². The van der Waals surface area contributed by atoms with Crippen LogP contribution in [0.2, 0.25) is 0 Å². The number of hydrogen-bond acceptors (Lipinski definition) is 4. The fourth-order valence-electron chi connectivity index (χ4n) is 5.19. The summed E-state index contributed by atoms with van der Waals surface area (Å²) in [5.41, 5.74) is 5.31. The first kappa shape index (κ1) is 23.1. The van der Waals surface area contributed by atoms with E-state index in [1.807, 2.05) is 43.3 Å². The molecule has 2 aromatic carbocycles. The van der Waals surface area contributed by atoms with Gasteiger partial charge in [-0.3, -0.25) is 9.59 Å². The maximum absolute atomic E-state index is 13.1. The summed E-state index contributed by atoms with van der Waals surface area (Å²) in [4.78, 5) is 29.9. The first-order chi connectivity index (χ1) is 16.0. The minimum atomic E-state index is -0.600. The molecule has 5 nitrogen and oxygen atoms in total. The zero-order valence-corrected chi connectivity index (χ0v) is 19.9. The number of fused-ring (bicyclic) bond motifs is 1. The predicted molar refractivity (Wildman–Crippen MR) is 132 cm³/mol. The maximum atomic E-state index is 13.1. The van der Waals surface area contributed by atoms with Gasteiger partial charge in [0.2, 0.25) is 0 Å². The van der Waals surface area contributed by atoms with E-state index in [1.54, 1.807) is 4.90 Å². The molecule has 1 unspecified atom stereocenters. The van der Waals surface area contributed by atoms with Crippen LogP contribution in [0.4, 0.5) is 5.69 Å². The first-order valence-corrected chi connectivity index (χ1v) is 12.3. The summed E-state index contributed by atoms with van der Waals surface area (Å²) in [5, 5.41) is 11.3. The molecule has 4 rings (SSSR count). The highest BCUT2D eigenvalue weighted by molar-refractivity contribution is 6.46. The monoisotopic (exact) mass is 446 g/mol. The number of rotatable bonds is 7. The lowest BCUT2D eigenvalue weighted by molar-refractivity contribution is -0.139. The summed E-state index contributed by atoms with van der Waals surface area (Å²) >= 11 is 0. The third kappa shape index (κ3) is 4.29. The molecule has 33 heavy (non-hydrogen) atoms. The molecule has 0 spiro atoms. The van der Waals surface area contributed by atoms with Crippen molar-refractivity contribution >= 4 is 23.1 Å². The van der Waals surface area contributed by atoms with Crippen LogP contribution < -0.4 is 4.90 Å². The van der Waals surface area contributed by atoms with Crippen molar-refractivity contribution in [3.63, 3.8) is 0 Å². The third-order valence-corrected chi connectivity index (χ3v) is 6.96. The maximum Gasteiger partial charge on any atom is 0.295 e. The molecule has 1 fully saturated rings. The zero-order chi connectivity index (χ0) is 23.5. The van der Waals surface area contributed by atoms with Crippen LogP contribution in [0, 0.1) is 0 Å². The van der Waals surface area contributed by atoms with Gasteiger partial charge in [0, 0.05) is 30.9 Å². The fourth-order valence-corrected chi connectivity index (χ4v) is 5.19. The number of carbonyl (C=O) groups excluding carboxylic acids is 2. The number of likely N-dealkylation sites (tertiary alicyclic amines) is 1.